The molecule has 1 amide bonds. The van der Waals surface area contributed by atoms with Gasteiger partial charge in [0.2, 0.25) is 5.91 Å². The smallest absolute Gasteiger partial charge is 0.220 e. The molecule has 128 valence electrons. The fourth-order valence-corrected chi connectivity index (χ4v) is 3.44. The summed E-state index contributed by atoms with van der Waals surface area (Å²) in [5, 5.41) is 3.07. The number of amides is 1. The summed E-state index contributed by atoms with van der Waals surface area (Å²) in [7, 11) is 2.24. The van der Waals surface area contributed by atoms with Crippen LogP contribution in [0, 0.1) is 5.92 Å². The fraction of sp³-hybridized carbons (Fsp3) is 0.650. The number of nitrogens with zero attached hydrogens (tertiary/aromatic N) is 1. The fourth-order valence-electron chi connectivity index (χ4n) is 3.44. The van der Waals surface area contributed by atoms with Crippen molar-refractivity contribution in [3.63, 3.8) is 0 Å². The van der Waals surface area contributed by atoms with Gasteiger partial charge >= 0.3 is 0 Å². The molecule has 1 fully saturated rings. The van der Waals surface area contributed by atoms with Crippen LogP contribution in [-0.4, -0.2) is 23.9 Å². The zero-order valence-corrected chi connectivity index (χ0v) is 15.0. The molecule has 3 nitrogen and oxygen atoms in total. The lowest BCUT2D eigenvalue weighted by molar-refractivity contribution is -0.121. The van der Waals surface area contributed by atoms with Crippen LogP contribution in [0.3, 0.4) is 0 Å². The molecule has 0 spiro atoms. The van der Waals surface area contributed by atoms with Gasteiger partial charge in [0.25, 0.3) is 0 Å². The maximum absolute atomic E-state index is 11.9. The number of rotatable bonds is 7. The number of hydrogen-bond acceptors (Lipinski definition) is 2. The van der Waals surface area contributed by atoms with Crippen molar-refractivity contribution in [2.45, 2.75) is 71.5 Å². The highest BCUT2D eigenvalue weighted by Gasteiger charge is 2.18. The number of carbonyl (C=O) groups is 1. The summed E-state index contributed by atoms with van der Waals surface area (Å²) in [6.07, 6.45) is 7.37. The Bertz CT molecular complexity index is 492. The van der Waals surface area contributed by atoms with Gasteiger partial charge in [-0.2, -0.15) is 0 Å². The van der Waals surface area contributed by atoms with Crippen molar-refractivity contribution in [3.05, 3.63) is 35.4 Å². The van der Waals surface area contributed by atoms with Gasteiger partial charge in [0.1, 0.15) is 0 Å². The molecular formula is C20H32N2O. The largest absolute Gasteiger partial charge is 0.352 e. The van der Waals surface area contributed by atoms with Crippen LogP contribution in [-0.2, 0) is 17.9 Å². The van der Waals surface area contributed by atoms with Crippen molar-refractivity contribution in [1.29, 1.82) is 0 Å². The molecule has 0 saturated heterocycles. The van der Waals surface area contributed by atoms with E-state index >= 15 is 0 Å². The number of nitrogens with one attached hydrogen (secondary N) is 1. The van der Waals surface area contributed by atoms with Gasteiger partial charge in [-0.3, -0.25) is 9.69 Å². The third kappa shape index (κ3) is 5.98. The average molecular weight is 316 g/mol. The third-order valence-corrected chi connectivity index (χ3v) is 4.81. The Morgan fingerprint density at radius 3 is 2.48 bits per heavy atom. The lowest BCUT2D eigenvalue weighted by Crippen LogP contribution is -2.33. The van der Waals surface area contributed by atoms with E-state index in [1.807, 2.05) is 0 Å². The van der Waals surface area contributed by atoms with Crippen LogP contribution in [0.4, 0.5) is 0 Å². The van der Waals surface area contributed by atoms with Gasteiger partial charge in [0, 0.05) is 25.6 Å². The summed E-state index contributed by atoms with van der Waals surface area (Å²) in [4.78, 5) is 14.4. The number of benzene rings is 1. The Hall–Kier alpha value is -1.35. The van der Waals surface area contributed by atoms with Crippen LogP contribution >= 0.6 is 0 Å². The van der Waals surface area contributed by atoms with E-state index in [0.717, 1.165) is 6.54 Å². The Balaban J connectivity index is 1.92. The second kappa shape index (κ2) is 9.07. The van der Waals surface area contributed by atoms with Crippen molar-refractivity contribution < 1.29 is 4.79 Å². The molecule has 1 aliphatic carbocycles. The van der Waals surface area contributed by atoms with E-state index in [2.05, 4.69) is 55.4 Å². The van der Waals surface area contributed by atoms with Crippen LogP contribution in [0.5, 0.6) is 0 Å². The van der Waals surface area contributed by atoms with E-state index in [4.69, 9.17) is 0 Å². The van der Waals surface area contributed by atoms with E-state index < -0.39 is 0 Å². The molecule has 1 aromatic carbocycles. The van der Waals surface area contributed by atoms with Gasteiger partial charge < -0.3 is 5.32 Å². The Morgan fingerprint density at radius 2 is 1.83 bits per heavy atom. The molecule has 23 heavy (non-hydrogen) atoms. The molecule has 0 heterocycles. The predicted octanol–water partition coefficient (Wildman–Crippen LogP) is 4.11. The minimum Gasteiger partial charge on any atom is -0.352 e. The van der Waals surface area contributed by atoms with Crippen LogP contribution < -0.4 is 5.32 Å². The van der Waals surface area contributed by atoms with Crippen LogP contribution in [0.2, 0.25) is 0 Å². The van der Waals surface area contributed by atoms with E-state index in [9.17, 15) is 4.79 Å². The van der Waals surface area contributed by atoms with Gasteiger partial charge in [-0.15, -0.1) is 0 Å². The highest BCUT2D eigenvalue weighted by molar-refractivity contribution is 5.76. The summed E-state index contributed by atoms with van der Waals surface area (Å²) in [6.45, 7) is 5.76. The highest BCUT2D eigenvalue weighted by Crippen LogP contribution is 2.23. The molecule has 1 aliphatic rings. The molecule has 1 saturated carbocycles. The summed E-state index contributed by atoms with van der Waals surface area (Å²) in [6, 6.07) is 9.22. The maximum atomic E-state index is 11.9. The van der Waals surface area contributed by atoms with Gasteiger partial charge in [-0.1, -0.05) is 57.4 Å². The van der Waals surface area contributed by atoms with Gasteiger partial charge in [-0.25, -0.2) is 0 Å². The third-order valence-electron chi connectivity index (χ3n) is 4.81. The summed E-state index contributed by atoms with van der Waals surface area (Å²) in [5.41, 5.74) is 2.58. The molecule has 0 unspecified atom stereocenters. The summed E-state index contributed by atoms with van der Waals surface area (Å²) >= 11 is 0. The second-order valence-electron chi connectivity index (χ2n) is 7.35. The topological polar surface area (TPSA) is 32.3 Å². The van der Waals surface area contributed by atoms with Gasteiger partial charge in [0.15, 0.2) is 0 Å². The molecule has 0 aromatic heterocycles. The Kier molecular flexibility index (Phi) is 7.10. The van der Waals surface area contributed by atoms with Crippen LogP contribution in [0.25, 0.3) is 0 Å². The van der Waals surface area contributed by atoms with Gasteiger partial charge in [-0.05, 0) is 36.9 Å². The summed E-state index contributed by atoms with van der Waals surface area (Å²) < 4.78 is 0. The van der Waals surface area contributed by atoms with Crippen molar-refractivity contribution in [3.8, 4) is 0 Å². The van der Waals surface area contributed by atoms with E-state index in [1.54, 1.807) is 0 Å². The zero-order valence-electron chi connectivity index (χ0n) is 15.0. The second-order valence-corrected chi connectivity index (χ2v) is 7.35. The first-order valence-corrected chi connectivity index (χ1v) is 9.10. The van der Waals surface area contributed by atoms with E-state index in [0.29, 0.717) is 24.9 Å². The van der Waals surface area contributed by atoms with Crippen molar-refractivity contribution in [2.75, 3.05) is 7.05 Å². The standard InChI is InChI=1S/C20H32N2O/c1-16(2)13-20(23)21-14-17-9-7-8-10-18(17)15-22(3)19-11-5-4-6-12-19/h7-10,16,19H,4-6,11-15H2,1-3H3,(H,21,23). The monoisotopic (exact) mass is 316 g/mol. The molecule has 0 radical (unpaired) electrons. The molecule has 0 bridgehead atoms. The Labute approximate surface area is 141 Å². The molecule has 2 rings (SSSR count). The molecule has 0 aliphatic heterocycles. The lowest BCUT2D eigenvalue weighted by atomic mass is 9.94. The first kappa shape index (κ1) is 18.0. The molecule has 3 heteroatoms. The van der Waals surface area contributed by atoms with E-state index in [-0.39, 0.29) is 5.91 Å². The number of carbonyl (C=O) groups excluding carboxylic acids is 1. The molecule has 1 aromatic rings. The Morgan fingerprint density at radius 1 is 1.17 bits per heavy atom. The van der Waals surface area contributed by atoms with Crippen LogP contribution in [0.1, 0.15) is 63.5 Å². The first-order chi connectivity index (χ1) is 11.1. The maximum Gasteiger partial charge on any atom is 0.220 e. The molecule has 0 atom stereocenters. The normalized spacial score (nSPS) is 16.0. The van der Waals surface area contributed by atoms with Crippen molar-refractivity contribution in [2.24, 2.45) is 5.92 Å². The lowest BCUT2D eigenvalue weighted by Gasteiger charge is -2.31. The SMILES string of the molecule is CC(C)CC(=O)NCc1ccccc1CN(C)C1CCCCC1. The minimum absolute atomic E-state index is 0.149. The van der Waals surface area contributed by atoms with Crippen molar-refractivity contribution >= 4 is 5.91 Å². The van der Waals surface area contributed by atoms with Crippen LogP contribution in [0.15, 0.2) is 24.3 Å². The quantitative estimate of drug-likeness (QED) is 0.821. The summed E-state index contributed by atoms with van der Waals surface area (Å²) in [5.74, 6) is 0.554. The molecular weight excluding hydrogens is 284 g/mol. The number of hydrogen-bond donors (Lipinski definition) is 1. The molecule has 1 N–H and O–H groups in total. The van der Waals surface area contributed by atoms with Gasteiger partial charge in [0.05, 0.1) is 0 Å². The average Bonchev–Trinajstić information content (AvgIpc) is 2.54. The van der Waals surface area contributed by atoms with Crippen molar-refractivity contribution in [1.82, 2.24) is 10.2 Å². The zero-order chi connectivity index (χ0) is 16.7. The first-order valence-electron chi connectivity index (χ1n) is 9.10. The van der Waals surface area contributed by atoms with E-state index in [1.165, 1.54) is 43.2 Å². The predicted molar refractivity (Wildman–Crippen MR) is 96.1 cm³/mol. The minimum atomic E-state index is 0.149. The highest BCUT2D eigenvalue weighted by atomic mass is 16.1.